The number of aliphatic hydroxyl groups excluding tert-OH is 1. The highest BCUT2D eigenvalue weighted by Crippen LogP contribution is 2.12. The minimum atomic E-state index is -0.00841. The summed E-state index contributed by atoms with van der Waals surface area (Å²) < 4.78 is 5.32. The van der Waals surface area contributed by atoms with Gasteiger partial charge >= 0.3 is 0 Å². The molecule has 0 aliphatic carbocycles. The number of amides is 1. The molecule has 17 heavy (non-hydrogen) atoms. The van der Waals surface area contributed by atoms with Gasteiger partial charge in [0.1, 0.15) is 5.75 Å². The Labute approximate surface area is 102 Å². The van der Waals surface area contributed by atoms with Crippen LogP contribution >= 0.6 is 0 Å². The van der Waals surface area contributed by atoms with Gasteiger partial charge in [-0.2, -0.15) is 0 Å². The first-order valence-electron chi connectivity index (χ1n) is 5.74. The van der Waals surface area contributed by atoms with E-state index in [-0.39, 0.29) is 12.5 Å². The Hall–Kier alpha value is -1.55. The fraction of sp³-hybridized carbons (Fsp3) is 0.462. The third-order valence-corrected chi connectivity index (χ3v) is 2.45. The van der Waals surface area contributed by atoms with Crippen molar-refractivity contribution in [2.75, 3.05) is 26.8 Å². The maximum Gasteiger partial charge on any atom is 0.226 e. The third-order valence-electron chi connectivity index (χ3n) is 2.45. The molecule has 1 amide bonds. The van der Waals surface area contributed by atoms with E-state index in [1.807, 2.05) is 31.2 Å². The topological polar surface area (TPSA) is 49.8 Å². The zero-order chi connectivity index (χ0) is 12.7. The summed E-state index contributed by atoms with van der Waals surface area (Å²) in [5.74, 6) is 0.815. The van der Waals surface area contributed by atoms with Gasteiger partial charge in [0.25, 0.3) is 0 Å². The molecule has 0 aliphatic rings. The van der Waals surface area contributed by atoms with Gasteiger partial charge in [-0.1, -0.05) is 12.1 Å². The van der Waals surface area contributed by atoms with Gasteiger partial charge in [0, 0.05) is 13.6 Å². The zero-order valence-electron chi connectivity index (χ0n) is 10.3. The van der Waals surface area contributed by atoms with Gasteiger partial charge in [-0.3, -0.25) is 4.79 Å². The van der Waals surface area contributed by atoms with Crippen LogP contribution in [0.25, 0.3) is 0 Å². The Balaban J connectivity index is 2.53. The first-order valence-corrected chi connectivity index (χ1v) is 5.74. The van der Waals surface area contributed by atoms with Crippen LogP contribution in [0.1, 0.15) is 12.5 Å². The molecule has 0 atom stereocenters. The van der Waals surface area contributed by atoms with Crippen LogP contribution in [0, 0.1) is 0 Å². The number of carbonyl (C=O) groups excluding carboxylic acids is 1. The largest absolute Gasteiger partial charge is 0.494 e. The maximum atomic E-state index is 11.7. The minimum absolute atomic E-state index is 0.00297. The van der Waals surface area contributed by atoms with Gasteiger partial charge in [-0.05, 0) is 24.6 Å². The average molecular weight is 237 g/mol. The maximum absolute atomic E-state index is 11.7. The summed E-state index contributed by atoms with van der Waals surface area (Å²) in [7, 11) is 1.69. The molecule has 0 aromatic heterocycles. The molecule has 1 N–H and O–H groups in total. The Kier molecular flexibility index (Phi) is 5.49. The second kappa shape index (κ2) is 6.91. The molecule has 4 nitrogen and oxygen atoms in total. The fourth-order valence-corrected chi connectivity index (χ4v) is 1.45. The van der Waals surface area contributed by atoms with Crippen molar-refractivity contribution < 1.29 is 14.6 Å². The van der Waals surface area contributed by atoms with Crippen molar-refractivity contribution in [3.8, 4) is 5.75 Å². The van der Waals surface area contributed by atoms with Crippen LogP contribution in [0.5, 0.6) is 5.75 Å². The Morgan fingerprint density at radius 2 is 2.00 bits per heavy atom. The molecule has 94 valence electrons. The average Bonchev–Trinajstić information content (AvgIpc) is 2.32. The lowest BCUT2D eigenvalue weighted by molar-refractivity contribution is -0.129. The molecule has 0 fully saturated rings. The van der Waals surface area contributed by atoms with Crippen molar-refractivity contribution in [2.45, 2.75) is 13.3 Å². The second-order valence-electron chi connectivity index (χ2n) is 3.79. The quantitative estimate of drug-likeness (QED) is 0.805. The zero-order valence-corrected chi connectivity index (χ0v) is 10.3. The highest BCUT2D eigenvalue weighted by atomic mass is 16.5. The van der Waals surface area contributed by atoms with Crippen molar-refractivity contribution in [3.63, 3.8) is 0 Å². The molecule has 1 rings (SSSR count). The van der Waals surface area contributed by atoms with E-state index in [2.05, 4.69) is 0 Å². The molecule has 1 aromatic carbocycles. The molecule has 0 heterocycles. The predicted octanol–water partition coefficient (Wildman–Crippen LogP) is 1.08. The Morgan fingerprint density at radius 1 is 1.35 bits per heavy atom. The molecule has 1 aromatic rings. The van der Waals surface area contributed by atoms with Crippen LogP contribution in [-0.4, -0.2) is 42.7 Å². The van der Waals surface area contributed by atoms with Crippen molar-refractivity contribution in [2.24, 2.45) is 0 Å². The Bertz CT molecular complexity index is 348. The highest BCUT2D eigenvalue weighted by Gasteiger charge is 2.08. The number of hydrogen-bond acceptors (Lipinski definition) is 3. The van der Waals surface area contributed by atoms with Gasteiger partial charge < -0.3 is 14.7 Å². The van der Waals surface area contributed by atoms with Crippen molar-refractivity contribution in [1.29, 1.82) is 0 Å². The van der Waals surface area contributed by atoms with E-state index in [0.29, 0.717) is 19.6 Å². The Morgan fingerprint density at radius 3 is 2.53 bits per heavy atom. The summed E-state index contributed by atoms with van der Waals surface area (Å²) in [5, 5.41) is 8.74. The third kappa shape index (κ3) is 4.44. The second-order valence-corrected chi connectivity index (χ2v) is 3.79. The number of likely N-dealkylation sites (N-methyl/N-ethyl adjacent to an activating group) is 1. The number of carbonyl (C=O) groups is 1. The van der Waals surface area contributed by atoms with Crippen LogP contribution in [0.3, 0.4) is 0 Å². The van der Waals surface area contributed by atoms with Crippen molar-refractivity contribution in [3.05, 3.63) is 29.8 Å². The number of nitrogens with zero attached hydrogens (tertiary/aromatic N) is 1. The summed E-state index contributed by atoms with van der Waals surface area (Å²) in [6.07, 6.45) is 0.350. The molecule has 0 aliphatic heterocycles. The van der Waals surface area contributed by atoms with E-state index in [1.165, 1.54) is 4.90 Å². The van der Waals surface area contributed by atoms with E-state index >= 15 is 0 Å². The fourth-order valence-electron chi connectivity index (χ4n) is 1.45. The summed E-state index contributed by atoms with van der Waals surface area (Å²) in [6.45, 7) is 2.93. The number of benzene rings is 1. The van der Waals surface area contributed by atoms with E-state index in [4.69, 9.17) is 9.84 Å². The van der Waals surface area contributed by atoms with E-state index in [9.17, 15) is 4.79 Å². The van der Waals surface area contributed by atoms with Gasteiger partial charge in [-0.25, -0.2) is 0 Å². The summed E-state index contributed by atoms with van der Waals surface area (Å²) in [6, 6.07) is 7.49. The first kappa shape index (κ1) is 13.5. The molecule has 0 saturated heterocycles. The van der Waals surface area contributed by atoms with Crippen LogP contribution < -0.4 is 4.74 Å². The first-order chi connectivity index (χ1) is 8.17. The molecular formula is C13H19NO3. The SMILES string of the molecule is CCOc1ccc(CC(=O)N(C)CCO)cc1. The summed E-state index contributed by atoms with van der Waals surface area (Å²) in [4.78, 5) is 13.2. The van der Waals surface area contributed by atoms with E-state index in [0.717, 1.165) is 11.3 Å². The molecule has 0 unspecified atom stereocenters. The number of rotatable bonds is 6. The highest BCUT2D eigenvalue weighted by molar-refractivity contribution is 5.78. The summed E-state index contributed by atoms with van der Waals surface area (Å²) >= 11 is 0. The molecule has 0 saturated carbocycles. The monoisotopic (exact) mass is 237 g/mol. The molecule has 4 heteroatoms. The minimum Gasteiger partial charge on any atom is -0.494 e. The van der Waals surface area contributed by atoms with Crippen LogP contribution in [0.2, 0.25) is 0 Å². The van der Waals surface area contributed by atoms with Crippen LogP contribution in [-0.2, 0) is 11.2 Å². The van der Waals surface area contributed by atoms with Crippen molar-refractivity contribution in [1.82, 2.24) is 4.90 Å². The van der Waals surface area contributed by atoms with Gasteiger partial charge in [0.15, 0.2) is 0 Å². The number of hydrogen-bond donors (Lipinski definition) is 1. The molecule has 0 radical (unpaired) electrons. The van der Waals surface area contributed by atoms with E-state index in [1.54, 1.807) is 7.05 Å². The van der Waals surface area contributed by atoms with Crippen LogP contribution in [0.4, 0.5) is 0 Å². The van der Waals surface area contributed by atoms with Gasteiger partial charge in [-0.15, -0.1) is 0 Å². The number of aliphatic hydroxyl groups is 1. The molecular weight excluding hydrogens is 218 g/mol. The lowest BCUT2D eigenvalue weighted by Crippen LogP contribution is -2.30. The predicted molar refractivity (Wildman–Crippen MR) is 66.0 cm³/mol. The van der Waals surface area contributed by atoms with Gasteiger partial charge in [0.05, 0.1) is 19.6 Å². The summed E-state index contributed by atoms with van der Waals surface area (Å²) in [5.41, 5.74) is 0.947. The normalized spacial score (nSPS) is 10.1. The number of ether oxygens (including phenoxy) is 1. The smallest absolute Gasteiger partial charge is 0.226 e. The van der Waals surface area contributed by atoms with Crippen molar-refractivity contribution >= 4 is 5.91 Å². The lowest BCUT2D eigenvalue weighted by Gasteiger charge is -2.15. The lowest BCUT2D eigenvalue weighted by atomic mass is 10.1. The van der Waals surface area contributed by atoms with E-state index < -0.39 is 0 Å². The standard InChI is InChI=1S/C13H19NO3/c1-3-17-12-6-4-11(5-7-12)10-13(16)14(2)8-9-15/h4-7,15H,3,8-10H2,1-2H3. The van der Waals surface area contributed by atoms with Gasteiger partial charge in [0.2, 0.25) is 5.91 Å². The van der Waals surface area contributed by atoms with Crippen LogP contribution in [0.15, 0.2) is 24.3 Å². The molecule has 0 bridgehead atoms. The molecule has 0 spiro atoms.